The van der Waals surface area contributed by atoms with Crippen LogP contribution < -0.4 is 5.32 Å². The summed E-state index contributed by atoms with van der Waals surface area (Å²) in [5, 5.41) is 23.0. The molecule has 4 nitrogen and oxygen atoms in total. The molecule has 0 saturated carbocycles. The molecule has 0 saturated heterocycles. The first-order valence-electron chi connectivity index (χ1n) is 27.2. The van der Waals surface area contributed by atoms with Crippen molar-refractivity contribution in [3.63, 3.8) is 0 Å². The number of rotatable bonds is 50. The molecule has 4 heteroatoms. The molecule has 0 heterocycles. The van der Waals surface area contributed by atoms with E-state index in [1.165, 1.54) is 238 Å². The fourth-order valence-electron chi connectivity index (χ4n) is 8.44. The molecule has 0 aromatic carbocycles. The van der Waals surface area contributed by atoms with Gasteiger partial charge in [-0.3, -0.25) is 4.79 Å². The first-order chi connectivity index (χ1) is 29.7. The van der Waals surface area contributed by atoms with E-state index in [0.717, 1.165) is 38.5 Å². The van der Waals surface area contributed by atoms with Gasteiger partial charge in [-0.25, -0.2) is 0 Å². The van der Waals surface area contributed by atoms with Crippen molar-refractivity contribution in [1.82, 2.24) is 5.32 Å². The standard InChI is InChI=1S/C56H107NO3/c1-3-5-7-9-11-13-15-17-18-19-20-21-22-23-24-25-26-27-28-29-30-31-32-33-34-35-36-37-38-39-40-42-44-46-48-50-52-56(60)57-54(53-58)55(59)51-49-47-45-43-41-16-14-12-10-8-6-4-2/h10,12,41,43,49,51,54-55,58-59H,3-9,11,13-40,42,44-48,50,52-53H2,1-2H3,(H,57,60)/b12-10+,43-41+,51-49+. The van der Waals surface area contributed by atoms with Crippen LogP contribution in [0.4, 0.5) is 0 Å². The Hall–Kier alpha value is -1.39. The van der Waals surface area contributed by atoms with Gasteiger partial charge in [0.15, 0.2) is 0 Å². The smallest absolute Gasteiger partial charge is 0.220 e. The number of carbonyl (C=O) groups is 1. The Kier molecular flexibility index (Phi) is 50.8. The molecule has 0 aliphatic heterocycles. The second kappa shape index (κ2) is 52.0. The van der Waals surface area contributed by atoms with Crippen LogP contribution in [0.15, 0.2) is 36.5 Å². The van der Waals surface area contributed by atoms with Crippen molar-refractivity contribution >= 4 is 5.91 Å². The summed E-state index contributed by atoms with van der Waals surface area (Å²) in [4.78, 5) is 12.4. The number of allylic oxidation sites excluding steroid dienone is 5. The molecule has 0 rings (SSSR count). The Morgan fingerprint density at radius 1 is 0.383 bits per heavy atom. The fourth-order valence-corrected chi connectivity index (χ4v) is 8.44. The minimum Gasteiger partial charge on any atom is -0.394 e. The summed E-state index contributed by atoms with van der Waals surface area (Å²) < 4.78 is 0. The van der Waals surface area contributed by atoms with Crippen LogP contribution in [0, 0.1) is 0 Å². The average Bonchev–Trinajstić information content (AvgIpc) is 3.25. The van der Waals surface area contributed by atoms with Crippen molar-refractivity contribution in [2.45, 2.75) is 309 Å². The lowest BCUT2D eigenvalue weighted by atomic mass is 10.0. The van der Waals surface area contributed by atoms with Crippen molar-refractivity contribution in [3.05, 3.63) is 36.5 Å². The third kappa shape index (κ3) is 47.7. The first-order valence-corrected chi connectivity index (χ1v) is 27.2. The van der Waals surface area contributed by atoms with Crippen molar-refractivity contribution in [2.24, 2.45) is 0 Å². The zero-order valence-corrected chi connectivity index (χ0v) is 40.7. The van der Waals surface area contributed by atoms with Gasteiger partial charge < -0.3 is 15.5 Å². The van der Waals surface area contributed by atoms with Crippen molar-refractivity contribution in [2.75, 3.05) is 6.61 Å². The fraction of sp³-hybridized carbons (Fsp3) is 0.875. The molecule has 0 aliphatic rings. The second-order valence-electron chi connectivity index (χ2n) is 18.6. The van der Waals surface area contributed by atoms with Gasteiger partial charge >= 0.3 is 0 Å². The largest absolute Gasteiger partial charge is 0.394 e. The van der Waals surface area contributed by atoms with Gasteiger partial charge in [0.2, 0.25) is 5.91 Å². The molecule has 3 N–H and O–H groups in total. The highest BCUT2D eigenvalue weighted by molar-refractivity contribution is 5.76. The Bertz CT molecular complexity index is 912. The van der Waals surface area contributed by atoms with Gasteiger partial charge in [-0.05, 0) is 38.5 Å². The molecule has 0 radical (unpaired) electrons. The van der Waals surface area contributed by atoms with Crippen molar-refractivity contribution in [1.29, 1.82) is 0 Å². The van der Waals surface area contributed by atoms with Crippen LogP contribution in [0.5, 0.6) is 0 Å². The summed E-state index contributed by atoms with van der Waals surface area (Å²) in [5.41, 5.74) is 0. The molecule has 60 heavy (non-hydrogen) atoms. The summed E-state index contributed by atoms with van der Waals surface area (Å²) in [6.07, 6.45) is 70.4. The highest BCUT2D eigenvalue weighted by atomic mass is 16.3. The normalized spacial score (nSPS) is 13.1. The SMILES string of the molecule is CCCC/C=C/CC/C=C/CC/C=C/C(O)C(CO)NC(=O)CCCCCCCCCCCCCCCCCCCCCCCCCCCCCCCCCCCCCC. The molecule has 2 unspecified atom stereocenters. The molecule has 0 spiro atoms. The topological polar surface area (TPSA) is 69.6 Å². The van der Waals surface area contributed by atoms with E-state index < -0.39 is 12.1 Å². The minimum absolute atomic E-state index is 0.0747. The van der Waals surface area contributed by atoms with Gasteiger partial charge in [0.25, 0.3) is 0 Å². The van der Waals surface area contributed by atoms with E-state index in [9.17, 15) is 15.0 Å². The highest BCUT2D eigenvalue weighted by Gasteiger charge is 2.18. The molecular weight excluding hydrogens is 735 g/mol. The van der Waals surface area contributed by atoms with E-state index in [1.807, 2.05) is 6.08 Å². The molecule has 0 bridgehead atoms. The van der Waals surface area contributed by atoms with Gasteiger partial charge in [0, 0.05) is 6.42 Å². The lowest BCUT2D eigenvalue weighted by Gasteiger charge is -2.19. The molecule has 1 amide bonds. The summed E-state index contributed by atoms with van der Waals surface area (Å²) in [5.74, 6) is -0.0747. The number of hydrogen-bond acceptors (Lipinski definition) is 3. The maximum absolute atomic E-state index is 12.4. The molecule has 354 valence electrons. The molecule has 0 aromatic heterocycles. The van der Waals surface area contributed by atoms with Crippen LogP contribution in [0.25, 0.3) is 0 Å². The van der Waals surface area contributed by atoms with Gasteiger partial charge in [0.1, 0.15) is 0 Å². The molecular formula is C56H107NO3. The third-order valence-electron chi connectivity index (χ3n) is 12.6. The first kappa shape index (κ1) is 58.6. The van der Waals surface area contributed by atoms with Crippen LogP contribution in [0.2, 0.25) is 0 Å². The number of hydrogen-bond donors (Lipinski definition) is 3. The van der Waals surface area contributed by atoms with Crippen LogP contribution in [-0.2, 0) is 4.79 Å². The number of amides is 1. The Morgan fingerprint density at radius 3 is 0.950 bits per heavy atom. The Balaban J connectivity index is 3.37. The number of aliphatic hydroxyl groups is 2. The van der Waals surface area contributed by atoms with Gasteiger partial charge in [-0.2, -0.15) is 0 Å². The summed E-state index contributed by atoms with van der Waals surface area (Å²) in [6.45, 7) is 4.26. The van der Waals surface area contributed by atoms with E-state index in [0.29, 0.717) is 6.42 Å². The van der Waals surface area contributed by atoms with Crippen LogP contribution in [-0.4, -0.2) is 34.9 Å². The number of unbranched alkanes of at least 4 members (excludes halogenated alkanes) is 39. The zero-order valence-electron chi connectivity index (χ0n) is 40.7. The predicted octanol–water partition coefficient (Wildman–Crippen LogP) is 17.7. The molecule has 2 atom stereocenters. The minimum atomic E-state index is -0.867. The van der Waals surface area contributed by atoms with Gasteiger partial charge in [-0.15, -0.1) is 0 Å². The monoisotopic (exact) mass is 842 g/mol. The number of carbonyl (C=O) groups excluding carboxylic acids is 1. The van der Waals surface area contributed by atoms with Crippen molar-refractivity contribution < 1.29 is 15.0 Å². The molecule has 0 fully saturated rings. The lowest BCUT2D eigenvalue weighted by Crippen LogP contribution is -2.45. The zero-order chi connectivity index (χ0) is 43.5. The van der Waals surface area contributed by atoms with E-state index >= 15 is 0 Å². The van der Waals surface area contributed by atoms with Gasteiger partial charge in [-0.1, -0.05) is 288 Å². The van der Waals surface area contributed by atoms with Crippen LogP contribution in [0.3, 0.4) is 0 Å². The Labute approximate surface area is 376 Å². The van der Waals surface area contributed by atoms with Gasteiger partial charge in [0.05, 0.1) is 18.8 Å². The summed E-state index contributed by atoms with van der Waals surface area (Å²) in [7, 11) is 0. The number of aliphatic hydroxyl groups excluding tert-OH is 2. The molecule has 0 aliphatic carbocycles. The highest BCUT2D eigenvalue weighted by Crippen LogP contribution is 2.18. The lowest BCUT2D eigenvalue weighted by molar-refractivity contribution is -0.123. The van der Waals surface area contributed by atoms with E-state index in [-0.39, 0.29) is 12.5 Å². The van der Waals surface area contributed by atoms with E-state index in [1.54, 1.807) is 6.08 Å². The quantitative estimate of drug-likeness (QED) is 0.0422. The van der Waals surface area contributed by atoms with Crippen LogP contribution >= 0.6 is 0 Å². The van der Waals surface area contributed by atoms with Crippen molar-refractivity contribution in [3.8, 4) is 0 Å². The van der Waals surface area contributed by atoms with Crippen LogP contribution in [0.1, 0.15) is 296 Å². The van der Waals surface area contributed by atoms with E-state index in [2.05, 4.69) is 43.5 Å². The Morgan fingerprint density at radius 2 is 0.650 bits per heavy atom. The number of nitrogens with one attached hydrogen (secondary N) is 1. The summed E-state index contributed by atoms with van der Waals surface area (Å²) >= 11 is 0. The molecule has 0 aromatic rings. The second-order valence-corrected chi connectivity index (χ2v) is 18.6. The predicted molar refractivity (Wildman–Crippen MR) is 267 cm³/mol. The maximum atomic E-state index is 12.4. The maximum Gasteiger partial charge on any atom is 0.220 e. The third-order valence-corrected chi connectivity index (χ3v) is 12.6. The summed E-state index contributed by atoms with van der Waals surface area (Å²) in [6, 6.07) is -0.642. The van der Waals surface area contributed by atoms with E-state index in [4.69, 9.17) is 0 Å². The average molecular weight is 842 g/mol.